The van der Waals surface area contributed by atoms with Gasteiger partial charge >= 0.3 is 6.18 Å². The van der Waals surface area contributed by atoms with Crippen LogP contribution in [0.3, 0.4) is 0 Å². The number of hydrogen-bond donors (Lipinski definition) is 3. The summed E-state index contributed by atoms with van der Waals surface area (Å²) in [6.07, 6.45) is -3.01. The standard InChI is InChI=1S/C31H29F5N4O5S2/c1-2-47(43,44)40-20-8-6-18(7-9-20)29(42)39-30-38-25-15-23(33)26(16-27(25)46-30)45-21-10-11-22(32)24(14-21)37-28(41)13-17-4-3-5-19(12-17)31(34,35)36/h3-5,10-12,14-16,18,20,40H,2,6-9,13H2,1H3,(H,37,41)(H,38,39,42). The predicted molar refractivity (Wildman–Crippen MR) is 167 cm³/mol. The quantitative estimate of drug-likeness (QED) is 0.153. The third-order valence-electron chi connectivity index (χ3n) is 7.56. The molecule has 5 rings (SSSR count). The van der Waals surface area contributed by atoms with Crippen LogP contribution in [0.4, 0.5) is 32.8 Å². The zero-order valence-electron chi connectivity index (χ0n) is 24.8. The van der Waals surface area contributed by atoms with Crippen LogP contribution in [0.5, 0.6) is 11.5 Å². The number of anilines is 2. The van der Waals surface area contributed by atoms with E-state index in [0.717, 1.165) is 41.7 Å². The molecular weight excluding hydrogens is 667 g/mol. The number of thiazole rings is 1. The van der Waals surface area contributed by atoms with Gasteiger partial charge in [-0.25, -0.2) is 26.9 Å². The van der Waals surface area contributed by atoms with E-state index in [-0.39, 0.29) is 57.0 Å². The third kappa shape index (κ3) is 8.81. The molecule has 1 heterocycles. The van der Waals surface area contributed by atoms with Crippen molar-refractivity contribution in [1.82, 2.24) is 9.71 Å². The Balaban J connectivity index is 1.22. The van der Waals surface area contributed by atoms with Gasteiger partial charge in [0.1, 0.15) is 11.6 Å². The number of amides is 2. The summed E-state index contributed by atoms with van der Waals surface area (Å²) in [6, 6.07) is 9.78. The van der Waals surface area contributed by atoms with Gasteiger partial charge in [-0.3, -0.25) is 9.59 Å². The molecule has 0 radical (unpaired) electrons. The van der Waals surface area contributed by atoms with Crippen LogP contribution in [0, 0.1) is 17.6 Å². The van der Waals surface area contributed by atoms with Gasteiger partial charge in [0, 0.05) is 30.2 Å². The second-order valence-electron chi connectivity index (χ2n) is 11.0. The maximum Gasteiger partial charge on any atom is 0.416 e. The van der Waals surface area contributed by atoms with Crippen molar-refractivity contribution in [2.45, 2.75) is 51.2 Å². The second-order valence-corrected chi connectivity index (χ2v) is 14.1. The number of benzene rings is 3. The fraction of sp³-hybridized carbons (Fsp3) is 0.323. The highest BCUT2D eigenvalue weighted by Gasteiger charge is 2.31. The Kier molecular flexibility index (Phi) is 10.1. The summed E-state index contributed by atoms with van der Waals surface area (Å²) in [5.41, 5.74) is -0.904. The molecule has 4 aromatic rings. The van der Waals surface area contributed by atoms with Crippen LogP contribution in [0.2, 0.25) is 0 Å². The van der Waals surface area contributed by atoms with Crippen LogP contribution in [-0.2, 0) is 32.2 Å². The van der Waals surface area contributed by atoms with Crippen LogP contribution in [-0.4, -0.2) is 37.0 Å². The summed E-state index contributed by atoms with van der Waals surface area (Å²) in [5, 5.41) is 5.29. The molecule has 0 saturated heterocycles. The summed E-state index contributed by atoms with van der Waals surface area (Å²) in [5.74, 6) is -3.31. The molecule has 47 heavy (non-hydrogen) atoms. The number of rotatable bonds is 10. The lowest BCUT2D eigenvalue weighted by Crippen LogP contribution is -2.40. The van der Waals surface area contributed by atoms with E-state index >= 15 is 0 Å². The van der Waals surface area contributed by atoms with Gasteiger partial charge in [-0.15, -0.1) is 0 Å². The van der Waals surface area contributed by atoms with Gasteiger partial charge in [-0.1, -0.05) is 29.5 Å². The van der Waals surface area contributed by atoms with Crippen molar-refractivity contribution in [3.05, 3.63) is 77.4 Å². The molecule has 16 heteroatoms. The van der Waals surface area contributed by atoms with E-state index in [1.54, 1.807) is 6.92 Å². The molecule has 1 aromatic heterocycles. The van der Waals surface area contributed by atoms with Crippen molar-refractivity contribution < 1.29 is 44.7 Å². The SMILES string of the molecule is CCS(=O)(=O)NC1CCC(C(=O)Nc2nc3cc(F)c(Oc4ccc(F)c(NC(=O)Cc5cccc(C(F)(F)F)c5)c4)cc3s2)CC1. The molecule has 1 aliphatic rings. The third-order valence-corrected chi connectivity index (χ3v) is 9.94. The van der Waals surface area contributed by atoms with Gasteiger partial charge in [0.15, 0.2) is 16.7 Å². The van der Waals surface area contributed by atoms with Crippen LogP contribution in [0.25, 0.3) is 10.2 Å². The number of ether oxygens (including phenoxy) is 1. The Hall–Kier alpha value is -4.15. The maximum atomic E-state index is 15.0. The molecule has 250 valence electrons. The Morgan fingerprint density at radius 1 is 0.979 bits per heavy atom. The fourth-order valence-corrected chi connectivity index (χ4v) is 6.90. The van der Waals surface area contributed by atoms with E-state index in [0.29, 0.717) is 30.4 Å². The van der Waals surface area contributed by atoms with Gasteiger partial charge in [0.25, 0.3) is 0 Å². The van der Waals surface area contributed by atoms with E-state index in [9.17, 15) is 40.0 Å². The lowest BCUT2D eigenvalue weighted by atomic mass is 9.86. The summed E-state index contributed by atoms with van der Waals surface area (Å²) in [7, 11) is -3.33. The molecule has 0 spiro atoms. The molecule has 0 atom stereocenters. The van der Waals surface area contributed by atoms with Crippen molar-refractivity contribution >= 4 is 54.2 Å². The Morgan fingerprint density at radius 2 is 1.72 bits per heavy atom. The van der Waals surface area contributed by atoms with Crippen LogP contribution in [0.15, 0.2) is 54.6 Å². The summed E-state index contributed by atoms with van der Waals surface area (Å²) >= 11 is 1.08. The molecular formula is C31H29F5N4O5S2. The average molecular weight is 697 g/mol. The normalized spacial score (nSPS) is 17.0. The number of halogens is 5. The molecule has 1 fully saturated rings. The molecule has 0 bridgehead atoms. The van der Waals surface area contributed by atoms with E-state index in [2.05, 4.69) is 20.3 Å². The van der Waals surface area contributed by atoms with E-state index < -0.39 is 45.7 Å². The number of nitrogens with one attached hydrogen (secondary N) is 3. The molecule has 1 saturated carbocycles. The first-order valence-corrected chi connectivity index (χ1v) is 17.0. The molecule has 2 amide bonds. The molecule has 1 aliphatic carbocycles. The number of nitrogens with zero attached hydrogens (tertiary/aromatic N) is 1. The van der Waals surface area contributed by atoms with Crippen molar-refractivity contribution in [3.8, 4) is 11.5 Å². The number of aromatic nitrogens is 1. The summed E-state index contributed by atoms with van der Waals surface area (Å²) in [6.45, 7) is 1.56. The first-order valence-electron chi connectivity index (χ1n) is 14.5. The Labute approximate surface area is 270 Å². The average Bonchev–Trinajstić information content (AvgIpc) is 3.39. The smallest absolute Gasteiger partial charge is 0.416 e. The molecule has 0 aliphatic heterocycles. The number of fused-ring (bicyclic) bond motifs is 1. The van der Waals surface area contributed by atoms with Gasteiger partial charge in [0.2, 0.25) is 21.8 Å². The highest BCUT2D eigenvalue weighted by molar-refractivity contribution is 7.89. The lowest BCUT2D eigenvalue weighted by molar-refractivity contribution is -0.137. The van der Waals surface area contributed by atoms with Crippen LogP contribution >= 0.6 is 11.3 Å². The van der Waals surface area contributed by atoms with Gasteiger partial charge in [-0.2, -0.15) is 13.2 Å². The Morgan fingerprint density at radius 3 is 2.43 bits per heavy atom. The Bertz CT molecular complexity index is 1910. The topological polar surface area (TPSA) is 126 Å². The predicted octanol–water partition coefficient (Wildman–Crippen LogP) is 7.00. The van der Waals surface area contributed by atoms with Crippen molar-refractivity contribution in [2.75, 3.05) is 16.4 Å². The largest absolute Gasteiger partial charge is 0.454 e. The fourth-order valence-electron chi connectivity index (χ4n) is 5.11. The number of carbonyl (C=O) groups excluding carboxylic acids is 2. The number of sulfonamides is 1. The number of alkyl halides is 3. The van der Waals surface area contributed by atoms with Gasteiger partial charge in [0.05, 0.1) is 33.6 Å². The van der Waals surface area contributed by atoms with E-state index in [4.69, 9.17) is 4.74 Å². The molecule has 3 N–H and O–H groups in total. The number of carbonyl (C=O) groups is 2. The second kappa shape index (κ2) is 13.9. The lowest BCUT2D eigenvalue weighted by Gasteiger charge is -2.27. The maximum absolute atomic E-state index is 15.0. The van der Waals surface area contributed by atoms with Gasteiger partial charge < -0.3 is 15.4 Å². The molecule has 0 unspecified atom stereocenters. The molecule has 3 aromatic carbocycles. The summed E-state index contributed by atoms with van der Waals surface area (Å²) < 4.78 is 101. The monoisotopic (exact) mass is 696 g/mol. The van der Waals surface area contributed by atoms with Crippen molar-refractivity contribution in [2.24, 2.45) is 5.92 Å². The zero-order chi connectivity index (χ0) is 33.9. The molecule has 9 nitrogen and oxygen atoms in total. The minimum absolute atomic E-state index is 0.0172. The van der Waals surface area contributed by atoms with Crippen LogP contribution < -0.4 is 20.1 Å². The summed E-state index contributed by atoms with van der Waals surface area (Å²) in [4.78, 5) is 29.7. The van der Waals surface area contributed by atoms with E-state index in [1.807, 2.05) is 0 Å². The number of hydrogen-bond acceptors (Lipinski definition) is 7. The highest BCUT2D eigenvalue weighted by atomic mass is 32.2. The minimum Gasteiger partial charge on any atom is -0.454 e. The highest BCUT2D eigenvalue weighted by Crippen LogP contribution is 2.36. The first kappa shape index (κ1) is 34.2. The minimum atomic E-state index is -4.58. The van der Waals surface area contributed by atoms with Crippen molar-refractivity contribution in [3.63, 3.8) is 0 Å². The van der Waals surface area contributed by atoms with Gasteiger partial charge in [-0.05, 0) is 56.4 Å². The van der Waals surface area contributed by atoms with E-state index in [1.165, 1.54) is 24.3 Å². The van der Waals surface area contributed by atoms with Crippen molar-refractivity contribution in [1.29, 1.82) is 0 Å². The van der Waals surface area contributed by atoms with Crippen LogP contribution in [0.1, 0.15) is 43.7 Å². The zero-order valence-corrected chi connectivity index (χ0v) is 26.4. The first-order chi connectivity index (χ1) is 22.2.